The van der Waals surface area contributed by atoms with Crippen LogP contribution >= 0.6 is 15.9 Å². The number of carbonyl (C=O) groups excluding carboxylic acids is 2. The van der Waals surface area contributed by atoms with Crippen LogP contribution in [0.1, 0.15) is 27.7 Å². The van der Waals surface area contributed by atoms with E-state index in [1.165, 1.54) is 0 Å². The van der Waals surface area contributed by atoms with Crippen LogP contribution in [0.15, 0.2) is 0 Å². The smallest absolute Gasteiger partial charge is 0.319 e. The lowest BCUT2D eigenvalue weighted by Crippen LogP contribution is -2.43. The molecule has 14 heavy (non-hydrogen) atoms. The number of alkyl halides is 1. The van der Waals surface area contributed by atoms with Gasteiger partial charge in [0.1, 0.15) is 5.41 Å². The fourth-order valence-electron chi connectivity index (χ4n) is 1.09. The SMILES string of the molecule is CCOC(=O)C(C)(C(=O)CBr)C(C)C. The van der Waals surface area contributed by atoms with Crippen LogP contribution in [0.3, 0.4) is 0 Å². The largest absolute Gasteiger partial charge is 0.465 e. The summed E-state index contributed by atoms with van der Waals surface area (Å²) in [6.45, 7) is 7.36. The number of esters is 1. The van der Waals surface area contributed by atoms with Gasteiger partial charge in [0.2, 0.25) is 0 Å². The van der Waals surface area contributed by atoms with Gasteiger partial charge in [-0.05, 0) is 19.8 Å². The van der Waals surface area contributed by atoms with Crippen LogP contribution in [0, 0.1) is 11.3 Å². The Bertz CT molecular complexity index is 225. The summed E-state index contributed by atoms with van der Waals surface area (Å²) >= 11 is 3.08. The standard InChI is InChI=1S/C10H17BrO3/c1-5-14-9(13)10(4,7(2)3)8(12)6-11/h7H,5-6H2,1-4H3. The molecule has 0 amide bonds. The first-order valence-corrected chi connectivity index (χ1v) is 5.79. The van der Waals surface area contributed by atoms with Crippen LogP contribution < -0.4 is 0 Å². The maximum absolute atomic E-state index is 11.6. The van der Waals surface area contributed by atoms with E-state index < -0.39 is 11.4 Å². The van der Waals surface area contributed by atoms with E-state index >= 15 is 0 Å². The molecule has 0 saturated heterocycles. The fourth-order valence-corrected chi connectivity index (χ4v) is 1.67. The van der Waals surface area contributed by atoms with Crippen LogP contribution in [0.4, 0.5) is 0 Å². The summed E-state index contributed by atoms with van der Waals surface area (Å²) in [7, 11) is 0. The third kappa shape index (κ3) is 2.56. The van der Waals surface area contributed by atoms with Gasteiger partial charge in [-0.15, -0.1) is 0 Å². The zero-order chi connectivity index (χ0) is 11.4. The maximum atomic E-state index is 11.6. The Morgan fingerprint density at radius 3 is 2.21 bits per heavy atom. The molecule has 0 aliphatic heterocycles. The second-order valence-electron chi connectivity index (χ2n) is 3.63. The molecule has 0 spiro atoms. The normalized spacial score (nSPS) is 15.0. The summed E-state index contributed by atoms with van der Waals surface area (Å²) in [4.78, 5) is 23.3. The van der Waals surface area contributed by atoms with Gasteiger partial charge in [0.15, 0.2) is 5.78 Å². The van der Waals surface area contributed by atoms with Gasteiger partial charge in [0, 0.05) is 0 Å². The number of carbonyl (C=O) groups is 2. The van der Waals surface area contributed by atoms with E-state index in [2.05, 4.69) is 15.9 Å². The van der Waals surface area contributed by atoms with Crippen LogP contribution in [0.5, 0.6) is 0 Å². The summed E-state index contributed by atoms with van der Waals surface area (Å²) in [5.74, 6) is -0.628. The van der Waals surface area contributed by atoms with E-state index in [4.69, 9.17) is 4.74 Å². The van der Waals surface area contributed by atoms with Crippen molar-refractivity contribution in [2.45, 2.75) is 27.7 Å². The number of halogens is 1. The minimum atomic E-state index is -1.03. The van der Waals surface area contributed by atoms with Crippen molar-refractivity contribution in [3.05, 3.63) is 0 Å². The van der Waals surface area contributed by atoms with Crippen molar-refractivity contribution in [2.24, 2.45) is 11.3 Å². The quantitative estimate of drug-likeness (QED) is 0.434. The number of hydrogen-bond acceptors (Lipinski definition) is 3. The lowest BCUT2D eigenvalue weighted by molar-refractivity contribution is -0.161. The predicted molar refractivity (Wildman–Crippen MR) is 58.4 cm³/mol. The van der Waals surface area contributed by atoms with Crippen LogP contribution in [0.2, 0.25) is 0 Å². The zero-order valence-corrected chi connectivity index (χ0v) is 10.7. The van der Waals surface area contributed by atoms with Gasteiger partial charge in [-0.2, -0.15) is 0 Å². The third-order valence-corrected chi connectivity index (χ3v) is 3.06. The molecule has 0 rings (SSSR count). The molecule has 1 atom stereocenters. The Kier molecular flexibility index (Phi) is 5.34. The third-order valence-electron chi connectivity index (χ3n) is 2.55. The number of ketones is 1. The first kappa shape index (κ1) is 13.6. The van der Waals surface area contributed by atoms with Gasteiger partial charge in [-0.1, -0.05) is 29.8 Å². The Morgan fingerprint density at radius 1 is 1.43 bits per heavy atom. The summed E-state index contributed by atoms with van der Waals surface area (Å²) < 4.78 is 4.91. The van der Waals surface area contributed by atoms with Gasteiger partial charge in [0.05, 0.1) is 11.9 Å². The van der Waals surface area contributed by atoms with Crippen molar-refractivity contribution in [1.29, 1.82) is 0 Å². The monoisotopic (exact) mass is 264 g/mol. The van der Waals surface area contributed by atoms with Crippen molar-refractivity contribution < 1.29 is 14.3 Å². The highest BCUT2D eigenvalue weighted by molar-refractivity contribution is 9.09. The second-order valence-corrected chi connectivity index (χ2v) is 4.20. The molecular weight excluding hydrogens is 248 g/mol. The molecule has 0 N–H and O–H groups in total. The summed E-state index contributed by atoms with van der Waals surface area (Å²) in [5.41, 5.74) is -1.03. The molecule has 0 saturated carbocycles. The van der Waals surface area contributed by atoms with E-state index in [0.29, 0.717) is 6.61 Å². The molecule has 0 aromatic carbocycles. The molecule has 0 heterocycles. The highest BCUT2D eigenvalue weighted by atomic mass is 79.9. The Morgan fingerprint density at radius 2 is 1.93 bits per heavy atom. The van der Waals surface area contributed by atoms with Crippen molar-refractivity contribution >= 4 is 27.7 Å². The molecule has 0 radical (unpaired) electrons. The lowest BCUT2D eigenvalue weighted by Gasteiger charge is -2.28. The molecule has 0 aromatic heterocycles. The van der Waals surface area contributed by atoms with Crippen LogP contribution in [0.25, 0.3) is 0 Å². The van der Waals surface area contributed by atoms with E-state index in [9.17, 15) is 9.59 Å². The van der Waals surface area contributed by atoms with Gasteiger partial charge in [-0.3, -0.25) is 9.59 Å². The minimum Gasteiger partial charge on any atom is -0.465 e. The molecule has 3 nitrogen and oxygen atoms in total. The molecule has 0 fully saturated rings. The van der Waals surface area contributed by atoms with Crippen LogP contribution in [-0.2, 0) is 14.3 Å². The van der Waals surface area contributed by atoms with E-state index in [1.807, 2.05) is 13.8 Å². The first-order chi connectivity index (χ1) is 6.41. The second kappa shape index (κ2) is 5.49. The highest BCUT2D eigenvalue weighted by Crippen LogP contribution is 2.30. The van der Waals surface area contributed by atoms with Crippen LogP contribution in [-0.4, -0.2) is 23.7 Å². The average molecular weight is 265 g/mol. The lowest BCUT2D eigenvalue weighted by atomic mass is 9.76. The van der Waals surface area contributed by atoms with Gasteiger partial charge in [0.25, 0.3) is 0 Å². The van der Waals surface area contributed by atoms with E-state index in [-0.39, 0.29) is 17.0 Å². The Balaban J connectivity index is 4.90. The van der Waals surface area contributed by atoms with E-state index in [1.54, 1.807) is 13.8 Å². The fraction of sp³-hybridized carbons (Fsp3) is 0.800. The molecule has 82 valence electrons. The van der Waals surface area contributed by atoms with Crippen molar-refractivity contribution in [3.63, 3.8) is 0 Å². The Labute approximate surface area is 93.3 Å². The van der Waals surface area contributed by atoms with Crippen molar-refractivity contribution in [3.8, 4) is 0 Å². The number of rotatable bonds is 5. The topological polar surface area (TPSA) is 43.4 Å². The molecule has 0 aliphatic rings. The number of ether oxygens (including phenoxy) is 1. The van der Waals surface area contributed by atoms with Gasteiger partial charge >= 0.3 is 5.97 Å². The van der Waals surface area contributed by atoms with Crippen molar-refractivity contribution in [1.82, 2.24) is 0 Å². The summed E-state index contributed by atoms with van der Waals surface area (Å²) in [6, 6.07) is 0. The van der Waals surface area contributed by atoms with Gasteiger partial charge < -0.3 is 4.74 Å². The number of Topliss-reactive ketones (excluding diaryl/α,β-unsaturated/α-hetero) is 1. The maximum Gasteiger partial charge on any atom is 0.319 e. The summed E-state index contributed by atoms with van der Waals surface area (Å²) in [6.07, 6.45) is 0. The predicted octanol–water partition coefficient (Wildman–Crippen LogP) is 2.18. The molecule has 0 bridgehead atoms. The molecule has 0 aliphatic carbocycles. The highest BCUT2D eigenvalue weighted by Gasteiger charge is 2.44. The molecule has 1 unspecified atom stereocenters. The minimum absolute atomic E-state index is 0.0633. The molecule has 4 heteroatoms. The zero-order valence-electron chi connectivity index (χ0n) is 9.09. The average Bonchev–Trinajstić information content (AvgIpc) is 2.15. The first-order valence-electron chi connectivity index (χ1n) is 4.67. The van der Waals surface area contributed by atoms with Gasteiger partial charge in [-0.25, -0.2) is 0 Å². The summed E-state index contributed by atoms with van der Waals surface area (Å²) in [5, 5.41) is 0.181. The number of hydrogen-bond donors (Lipinski definition) is 0. The van der Waals surface area contributed by atoms with Crippen molar-refractivity contribution in [2.75, 3.05) is 11.9 Å². The molecular formula is C10H17BrO3. The Hall–Kier alpha value is -0.380. The van der Waals surface area contributed by atoms with E-state index in [0.717, 1.165) is 0 Å². The molecule has 0 aromatic rings.